The number of hydrogen-bond acceptors (Lipinski definition) is 6. The third-order valence-corrected chi connectivity index (χ3v) is 8.12. The number of hydrogen-bond donors (Lipinski definition) is 4. The van der Waals surface area contributed by atoms with Crippen LogP contribution in [0.5, 0.6) is 5.75 Å². The first kappa shape index (κ1) is 25.4. The van der Waals surface area contributed by atoms with Crippen LogP contribution in [-0.2, 0) is 21.7 Å². The number of imide groups is 2. The maximum atomic E-state index is 13.1. The van der Waals surface area contributed by atoms with Gasteiger partial charge in [0.2, 0.25) is 5.54 Å². The van der Waals surface area contributed by atoms with Crippen LogP contribution >= 0.6 is 0 Å². The van der Waals surface area contributed by atoms with Crippen molar-refractivity contribution in [3.63, 3.8) is 0 Å². The van der Waals surface area contributed by atoms with Crippen LogP contribution in [0.2, 0.25) is 0 Å². The van der Waals surface area contributed by atoms with Crippen LogP contribution in [0.1, 0.15) is 52.7 Å². The zero-order valence-corrected chi connectivity index (χ0v) is 21.8. The molecule has 0 radical (unpaired) electrons. The predicted molar refractivity (Wildman–Crippen MR) is 141 cm³/mol. The van der Waals surface area contributed by atoms with Gasteiger partial charge in [-0.2, -0.15) is 0 Å². The monoisotopic (exact) mass is 541 g/mol. The Morgan fingerprint density at radius 3 is 2.27 bits per heavy atom. The van der Waals surface area contributed by atoms with Gasteiger partial charge in [-0.3, -0.25) is 25.0 Å². The molecule has 0 aromatic heterocycles. The number of carbonyl (C=O) groups excluding carboxylic acids is 5. The van der Waals surface area contributed by atoms with Gasteiger partial charge in [-0.25, -0.2) is 9.59 Å². The summed E-state index contributed by atoms with van der Waals surface area (Å²) in [6.45, 7) is 0.110. The first-order chi connectivity index (χ1) is 19.2. The highest BCUT2D eigenvalue weighted by molar-refractivity contribution is 6.10. The highest BCUT2D eigenvalue weighted by atomic mass is 16.5. The summed E-state index contributed by atoms with van der Waals surface area (Å²) in [5.41, 5.74) is -0.355. The van der Waals surface area contributed by atoms with E-state index in [2.05, 4.69) is 33.1 Å². The molecule has 3 fully saturated rings. The predicted octanol–water partition coefficient (Wildman–Crippen LogP) is 1.51. The summed E-state index contributed by atoms with van der Waals surface area (Å²) in [6, 6.07) is 10.9. The number of nitrogens with one attached hydrogen (secondary N) is 4. The summed E-state index contributed by atoms with van der Waals surface area (Å²) in [4.78, 5) is 64.5. The van der Waals surface area contributed by atoms with E-state index in [4.69, 9.17) is 4.74 Å². The van der Waals surface area contributed by atoms with E-state index >= 15 is 0 Å². The van der Waals surface area contributed by atoms with E-state index in [-0.39, 0.29) is 24.9 Å². The quantitative estimate of drug-likeness (QED) is 0.322. The lowest BCUT2D eigenvalue weighted by Crippen LogP contribution is -2.54. The lowest BCUT2D eigenvalue weighted by Gasteiger charge is -2.35. The third-order valence-electron chi connectivity index (χ3n) is 8.12. The zero-order valence-electron chi connectivity index (χ0n) is 21.8. The number of methoxy groups -OCH3 is 1. The second-order valence-electron chi connectivity index (χ2n) is 10.6. The molecule has 4 N–H and O–H groups in total. The van der Waals surface area contributed by atoms with Crippen LogP contribution in [0.15, 0.2) is 42.5 Å². The smallest absolute Gasteiger partial charge is 0.323 e. The fraction of sp³-hybridized carbons (Fsp3) is 0.345. The van der Waals surface area contributed by atoms with Crippen molar-refractivity contribution in [2.75, 3.05) is 13.7 Å². The molecule has 0 spiro atoms. The minimum Gasteiger partial charge on any atom is -0.497 e. The number of ether oxygens (including phenoxy) is 1. The molecule has 2 unspecified atom stereocenters. The average molecular weight is 542 g/mol. The molecule has 3 heterocycles. The Labute approximate surface area is 230 Å². The number of amides is 7. The van der Waals surface area contributed by atoms with E-state index in [1.54, 1.807) is 42.5 Å². The van der Waals surface area contributed by atoms with Crippen molar-refractivity contribution in [2.24, 2.45) is 5.92 Å². The molecule has 1 aliphatic carbocycles. The van der Waals surface area contributed by atoms with E-state index < -0.39 is 29.0 Å². The molecule has 2 aromatic carbocycles. The van der Waals surface area contributed by atoms with Crippen LogP contribution < -0.4 is 26.0 Å². The van der Waals surface area contributed by atoms with Crippen LogP contribution in [0, 0.1) is 17.8 Å². The maximum Gasteiger partial charge on any atom is 0.323 e. The number of benzene rings is 2. The van der Waals surface area contributed by atoms with Gasteiger partial charge in [0.25, 0.3) is 17.7 Å². The lowest BCUT2D eigenvalue weighted by molar-refractivity contribution is -0.125. The first-order valence-electron chi connectivity index (χ1n) is 13.1. The van der Waals surface area contributed by atoms with Crippen LogP contribution in [-0.4, -0.2) is 53.9 Å². The van der Waals surface area contributed by atoms with Gasteiger partial charge < -0.3 is 20.3 Å². The van der Waals surface area contributed by atoms with Crippen LogP contribution in [0.4, 0.5) is 9.59 Å². The molecule has 2 atom stereocenters. The molecule has 7 amide bonds. The number of nitrogens with zero attached hydrogens (tertiary/aromatic N) is 1. The average Bonchev–Trinajstić information content (AvgIpc) is 3.49. The molecule has 204 valence electrons. The number of fused-ring (bicyclic) bond motifs is 1. The molecule has 0 bridgehead atoms. The second-order valence-corrected chi connectivity index (χ2v) is 10.6. The normalized spacial score (nSPS) is 25.3. The summed E-state index contributed by atoms with van der Waals surface area (Å²) >= 11 is 0. The largest absolute Gasteiger partial charge is 0.497 e. The molecule has 11 heteroatoms. The Balaban J connectivity index is 1.26. The van der Waals surface area contributed by atoms with Crippen LogP contribution in [0.25, 0.3) is 0 Å². The van der Waals surface area contributed by atoms with E-state index in [0.29, 0.717) is 34.8 Å². The molecular formula is C29H27N5O6. The van der Waals surface area contributed by atoms with E-state index in [9.17, 15) is 24.0 Å². The summed E-state index contributed by atoms with van der Waals surface area (Å²) in [6.07, 6.45) is 3.66. The summed E-state index contributed by atoms with van der Waals surface area (Å²) in [5.74, 6) is 5.43. The standard InChI is InChI=1S/C29H27N5O6/c1-40-21-10-7-19-15-34(23(35)22(19)13-21)16-28(24(36)30-26(38)32-28)12-11-17-5-8-20(9-6-17)29(14-18-3-2-4-18)25(37)31-27(39)33-29/h5-10,13,18H,2-4,14-16H2,1H3,(H2,30,32,36,38)(H2,31,33,37,39). The van der Waals surface area contributed by atoms with Gasteiger partial charge in [0.05, 0.1) is 13.7 Å². The van der Waals surface area contributed by atoms with Gasteiger partial charge in [-0.05, 0) is 47.7 Å². The molecular weight excluding hydrogens is 514 g/mol. The maximum absolute atomic E-state index is 13.1. The van der Waals surface area contributed by atoms with E-state index in [1.807, 2.05) is 0 Å². The van der Waals surface area contributed by atoms with Crippen molar-refractivity contribution in [1.82, 2.24) is 26.2 Å². The van der Waals surface area contributed by atoms with E-state index in [0.717, 1.165) is 24.8 Å². The van der Waals surface area contributed by atoms with Gasteiger partial charge in [-0.15, -0.1) is 0 Å². The zero-order chi connectivity index (χ0) is 28.1. The number of rotatable bonds is 6. The van der Waals surface area contributed by atoms with Gasteiger partial charge in [0.15, 0.2) is 0 Å². The van der Waals surface area contributed by atoms with Crippen molar-refractivity contribution in [1.29, 1.82) is 0 Å². The van der Waals surface area contributed by atoms with Crippen molar-refractivity contribution >= 4 is 29.8 Å². The fourth-order valence-corrected chi connectivity index (χ4v) is 5.72. The SMILES string of the molecule is COc1ccc2c(c1)C(=O)N(CC1(C#Cc3ccc(C4(CC5CCC5)NC(=O)NC4=O)cc3)NC(=O)NC1=O)C2. The van der Waals surface area contributed by atoms with Gasteiger partial charge >= 0.3 is 12.1 Å². The minimum absolute atomic E-state index is 0.151. The fourth-order valence-electron chi connectivity index (χ4n) is 5.72. The molecule has 2 saturated heterocycles. The topological polar surface area (TPSA) is 146 Å². The van der Waals surface area contributed by atoms with E-state index in [1.165, 1.54) is 12.0 Å². The highest BCUT2D eigenvalue weighted by Gasteiger charge is 2.50. The summed E-state index contributed by atoms with van der Waals surface area (Å²) in [5, 5.41) is 10.0. The Kier molecular flexibility index (Phi) is 5.98. The summed E-state index contributed by atoms with van der Waals surface area (Å²) < 4.78 is 5.22. The first-order valence-corrected chi connectivity index (χ1v) is 13.1. The second kappa shape index (κ2) is 9.41. The van der Waals surface area contributed by atoms with Crippen molar-refractivity contribution in [2.45, 2.75) is 43.3 Å². The van der Waals surface area contributed by atoms with Gasteiger partial charge in [0, 0.05) is 17.7 Å². The molecule has 4 aliphatic rings. The Bertz CT molecular complexity index is 1520. The third kappa shape index (κ3) is 4.22. The minimum atomic E-state index is -1.65. The molecule has 11 nitrogen and oxygen atoms in total. The van der Waals surface area contributed by atoms with Gasteiger partial charge in [0.1, 0.15) is 11.3 Å². The van der Waals surface area contributed by atoms with Crippen molar-refractivity contribution in [3.05, 3.63) is 64.7 Å². The molecule has 6 rings (SSSR count). The van der Waals surface area contributed by atoms with Crippen molar-refractivity contribution in [3.8, 4) is 17.6 Å². The van der Waals surface area contributed by atoms with Gasteiger partial charge in [-0.1, -0.05) is 49.3 Å². The molecule has 3 aliphatic heterocycles. The molecule has 2 aromatic rings. The molecule has 40 heavy (non-hydrogen) atoms. The number of carbonyl (C=O) groups is 5. The van der Waals surface area contributed by atoms with Crippen molar-refractivity contribution < 1.29 is 28.7 Å². The Morgan fingerprint density at radius 2 is 1.68 bits per heavy atom. The Morgan fingerprint density at radius 1 is 0.950 bits per heavy atom. The lowest BCUT2D eigenvalue weighted by atomic mass is 9.73. The number of urea groups is 2. The highest BCUT2D eigenvalue weighted by Crippen LogP contribution is 2.40. The Hall–Kier alpha value is -4.85. The summed E-state index contributed by atoms with van der Waals surface area (Å²) in [7, 11) is 1.52. The van der Waals surface area contributed by atoms with Crippen LogP contribution in [0.3, 0.4) is 0 Å². The molecule has 1 saturated carbocycles.